The highest BCUT2D eigenvalue weighted by Crippen LogP contribution is 2.17. The van der Waals surface area contributed by atoms with Gasteiger partial charge in [0.25, 0.3) is 5.91 Å². The third-order valence-corrected chi connectivity index (χ3v) is 4.68. The van der Waals surface area contributed by atoms with Crippen molar-refractivity contribution < 1.29 is 30.0 Å². The molecule has 1 amide bonds. The summed E-state index contributed by atoms with van der Waals surface area (Å²) in [6, 6.07) is 5.86. The number of hydrogen-bond acceptors (Lipinski definition) is 10. The van der Waals surface area contributed by atoms with Gasteiger partial charge in [0.2, 0.25) is 5.78 Å². The van der Waals surface area contributed by atoms with E-state index in [0.717, 1.165) is 0 Å². The van der Waals surface area contributed by atoms with Gasteiger partial charge in [0.1, 0.15) is 29.7 Å². The molecule has 0 saturated carbocycles. The number of carbonyl (C=O) groups is 2. The maximum absolute atomic E-state index is 12.5. The number of aliphatic hydroxyl groups excluding tert-OH is 4. The molecular weight excluding hydrogens is 432 g/mol. The molecule has 12 heteroatoms. The first-order valence-corrected chi connectivity index (χ1v) is 9.77. The van der Waals surface area contributed by atoms with E-state index in [-0.39, 0.29) is 34.3 Å². The molecule has 3 atom stereocenters. The molecule has 0 aliphatic rings. The second-order valence-electron chi connectivity index (χ2n) is 7.01. The molecule has 0 spiro atoms. The number of carbonyl (C=O) groups excluding carboxylic acids is 2. The lowest BCUT2D eigenvalue weighted by atomic mass is 10.1. The molecule has 3 rings (SSSR count). The molecule has 12 nitrogen and oxygen atoms in total. The summed E-state index contributed by atoms with van der Waals surface area (Å²) in [4.78, 5) is 39.6. The van der Waals surface area contributed by atoms with Crippen LogP contribution >= 0.6 is 0 Å². The van der Waals surface area contributed by atoms with E-state index in [1.54, 1.807) is 19.1 Å². The predicted octanol–water partition coefficient (Wildman–Crippen LogP) is -0.668. The number of nitrogens with zero attached hydrogens (tertiary/aromatic N) is 4. The summed E-state index contributed by atoms with van der Waals surface area (Å²) >= 11 is 0. The summed E-state index contributed by atoms with van der Waals surface area (Å²) in [5, 5.41) is 42.1. The zero-order chi connectivity index (χ0) is 24.0. The maximum Gasteiger partial charge on any atom is 0.271 e. The summed E-state index contributed by atoms with van der Waals surface area (Å²) in [5.41, 5.74) is 3.31. The fraction of sp³-hybridized carbons (Fsp3) is 0.238. The molecule has 0 unspecified atom stereocenters. The van der Waals surface area contributed by atoms with Crippen molar-refractivity contribution in [1.29, 1.82) is 0 Å². The zero-order valence-corrected chi connectivity index (χ0v) is 17.5. The van der Waals surface area contributed by atoms with Gasteiger partial charge in [-0.25, -0.2) is 10.4 Å². The number of amides is 1. The highest BCUT2D eigenvalue weighted by Gasteiger charge is 2.27. The lowest BCUT2D eigenvalue weighted by Crippen LogP contribution is -2.34. The van der Waals surface area contributed by atoms with E-state index in [2.05, 4.69) is 30.5 Å². The zero-order valence-electron chi connectivity index (χ0n) is 17.5. The van der Waals surface area contributed by atoms with Crippen molar-refractivity contribution in [2.75, 3.05) is 6.61 Å². The van der Waals surface area contributed by atoms with Gasteiger partial charge in [0.15, 0.2) is 5.82 Å². The first-order valence-electron chi connectivity index (χ1n) is 9.77. The lowest BCUT2D eigenvalue weighted by molar-refractivity contribution is -0.0788. The van der Waals surface area contributed by atoms with Gasteiger partial charge < -0.3 is 25.4 Å². The van der Waals surface area contributed by atoms with Crippen LogP contribution in [0.4, 0.5) is 0 Å². The van der Waals surface area contributed by atoms with Crippen LogP contribution in [0, 0.1) is 0 Å². The topological polar surface area (TPSA) is 194 Å². The summed E-state index contributed by atoms with van der Waals surface area (Å²) in [6.07, 6.45) is 0.850. The molecule has 0 radical (unpaired) electrons. The van der Waals surface area contributed by atoms with Gasteiger partial charge in [-0.3, -0.25) is 19.6 Å². The van der Waals surface area contributed by atoms with Gasteiger partial charge in [-0.05, 0) is 31.2 Å². The van der Waals surface area contributed by atoms with Crippen LogP contribution in [-0.4, -0.2) is 76.6 Å². The van der Waals surface area contributed by atoms with Crippen LogP contribution < -0.4 is 5.43 Å². The molecule has 0 fully saturated rings. The van der Waals surface area contributed by atoms with Crippen LogP contribution in [0.5, 0.6) is 0 Å². The minimum Gasteiger partial charge on any atom is -0.394 e. The average molecular weight is 454 g/mol. The largest absolute Gasteiger partial charge is 0.394 e. The van der Waals surface area contributed by atoms with Crippen LogP contribution in [0.25, 0.3) is 0 Å². The monoisotopic (exact) mass is 454 g/mol. The number of H-pyrrole nitrogens is 1. The summed E-state index contributed by atoms with van der Waals surface area (Å²) < 4.78 is 0. The SMILES string of the molecule is C/C(=N\NC(=O)c1ccnc(C(=O)c2ccncc2)c1)c1ncc([C@@H](O)[C@H](O)[C@H](O)CO)[nH]1. The summed E-state index contributed by atoms with van der Waals surface area (Å²) in [7, 11) is 0. The third-order valence-electron chi connectivity index (χ3n) is 4.68. The molecule has 0 aliphatic carbocycles. The molecule has 6 N–H and O–H groups in total. The van der Waals surface area contributed by atoms with Gasteiger partial charge in [-0.1, -0.05) is 0 Å². The van der Waals surface area contributed by atoms with E-state index in [4.69, 9.17) is 5.11 Å². The number of ketones is 1. The number of nitrogens with one attached hydrogen (secondary N) is 2. The third kappa shape index (κ3) is 5.70. The highest BCUT2D eigenvalue weighted by molar-refractivity contribution is 6.08. The number of aliphatic hydroxyl groups is 4. The van der Waals surface area contributed by atoms with Crippen LogP contribution in [-0.2, 0) is 0 Å². The van der Waals surface area contributed by atoms with E-state index in [1.165, 1.54) is 36.9 Å². The first kappa shape index (κ1) is 23.8. The standard InChI is InChI=1S/C21H22N6O6/c1-11(20-24-9-15(25-20)18(31)19(32)16(29)10-28)26-27-21(33)13-4-7-23-14(8-13)17(30)12-2-5-22-6-3-12/h2-9,16,18-19,28-29,31-32H,10H2,1H3,(H,24,25)(H,27,33)/b26-11+/t16-,18-,19-/m1/s1. The number of hydrazone groups is 1. The second-order valence-corrected chi connectivity index (χ2v) is 7.01. The minimum absolute atomic E-state index is 0.0827. The molecule has 172 valence electrons. The molecular formula is C21H22N6O6. The van der Waals surface area contributed by atoms with Crippen LogP contribution in [0.1, 0.15) is 51.0 Å². The minimum atomic E-state index is -1.63. The quantitative estimate of drug-likeness (QED) is 0.138. The number of aromatic amines is 1. The van der Waals surface area contributed by atoms with Crippen molar-refractivity contribution in [2.24, 2.45) is 5.10 Å². The first-order chi connectivity index (χ1) is 15.8. The molecule has 33 heavy (non-hydrogen) atoms. The van der Waals surface area contributed by atoms with Crippen molar-refractivity contribution in [3.8, 4) is 0 Å². The molecule has 0 aromatic carbocycles. The van der Waals surface area contributed by atoms with E-state index in [0.29, 0.717) is 5.56 Å². The predicted molar refractivity (Wildman–Crippen MR) is 114 cm³/mol. The molecule has 3 heterocycles. The highest BCUT2D eigenvalue weighted by atomic mass is 16.4. The number of rotatable bonds is 9. The van der Waals surface area contributed by atoms with Gasteiger partial charge in [0.05, 0.1) is 18.5 Å². The Kier molecular flexibility index (Phi) is 7.69. The van der Waals surface area contributed by atoms with E-state index >= 15 is 0 Å². The molecule has 0 saturated heterocycles. The van der Waals surface area contributed by atoms with Crippen molar-refractivity contribution in [2.45, 2.75) is 25.2 Å². The number of imidazole rings is 1. The average Bonchev–Trinajstić information content (AvgIpc) is 3.36. The van der Waals surface area contributed by atoms with Crippen molar-refractivity contribution >= 4 is 17.4 Å². The fourth-order valence-corrected chi connectivity index (χ4v) is 2.77. The fourth-order valence-electron chi connectivity index (χ4n) is 2.77. The number of pyridine rings is 2. The lowest BCUT2D eigenvalue weighted by Gasteiger charge is -2.20. The molecule has 3 aromatic heterocycles. The Labute approximate surface area is 187 Å². The smallest absolute Gasteiger partial charge is 0.271 e. The van der Waals surface area contributed by atoms with Crippen molar-refractivity contribution in [1.82, 2.24) is 25.4 Å². The van der Waals surface area contributed by atoms with Crippen LogP contribution in [0.2, 0.25) is 0 Å². The van der Waals surface area contributed by atoms with Crippen molar-refractivity contribution in [3.63, 3.8) is 0 Å². The van der Waals surface area contributed by atoms with Gasteiger partial charge in [-0.15, -0.1) is 0 Å². The van der Waals surface area contributed by atoms with Gasteiger partial charge in [-0.2, -0.15) is 5.10 Å². The Bertz CT molecular complexity index is 1150. The Morgan fingerprint density at radius 3 is 2.48 bits per heavy atom. The number of hydrogen-bond donors (Lipinski definition) is 6. The molecule has 0 aliphatic heterocycles. The van der Waals surface area contributed by atoms with E-state index < -0.39 is 30.8 Å². The van der Waals surface area contributed by atoms with Gasteiger partial charge in [0, 0.05) is 29.7 Å². The molecule has 0 bridgehead atoms. The number of aromatic nitrogens is 4. The summed E-state index contributed by atoms with van der Waals surface area (Å²) in [5.74, 6) is -0.755. The Morgan fingerprint density at radius 2 is 1.79 bits per heavy atom. The Balaban J connectivity index is 1.68. The summed E-state index contributed by atoms with van der Waals surface area (Å²) in [6.45, 7) is 0.815. The van der Waals surface area contributed by atoms with E-state index in [9.17, 15) is 24.9 Å². The normalized spacial score (nSPS) is 14.4. The van der Waals surface area contributed by atoms with E-state index in [1.807, 2.05) is 0 Å². The van der Waals surface area contributed by atoms with Crippen LogP contribution in [0.15, 0.2) is 54.2 Å². The maximum atomic E-state index is 12.5. The van der Waals surface area contributed by atoms with Crippen molar-refractivity contribution in [3.05, 3.63) is 77.4 Å². The van der Waals surface area contributed by atoms with Crippen LogP contribution in [0.3, 0.4) is 0 Å². The Hall–Kier alpha value is -3.84. The second kappa shape index (κ2) is 10.7. The van der Waals surface area contributed by atoms with Gasteiger partial charge >= 0.3 is 0 Å². The Morgan fingerprint density at radius 1 is 1.09 bits per heavy atom. The molecule has 3 aromatic rings.